The Labute approximate surface area is 265 Å². The minimum absolute atomic E-state index is 0.135. The van der Waals surface area contributed by atoms with Crippen molar-refractivity contribution in [3.05, 3.63) is 71.8 Å². The van der Waals surface area contributed by atoms with Gasteiger partial charge in [-0.2, -0.15) is 0 Å². The zero-order valence-corrected chi connectivity index (χ0v) is 29.0. The SMILES string of the molecule is CN(C(=O)OC(C)(C)C)c1ccc(/C=C/C(=O)/C=C/c2ccc(OCCOCCOCCO[Si](C)(C)C(C)(C)C)cc2)cc1. The Kier molecular flexibility index (Phi) is 14.5. The second-order valence-corrected chi connectivity index (χ2v) is 17.8. The molecule has 0 heterocycles. The van der Waals surface area contributed by atoms with Crippen molar-refractivity contribution in [2.45, 2.75) is 65.3 Å². The lowest BCUT2D eigenvalue weighted by atomic mass is 10.1. The highest BCUT2D eigenvalue weighted by Gasteiger charge is 2.36. The maximum atomic E-state index is 12.3. The first-order valence-electron chi connectivity index (χ1n) is 15.1. The van der Waals surface area contributed by atoms with Crippen LogP contribution in [0.5, 0.6) is 5.75 Å². The van der Waals surface area contributed by atoms with Gasteiger partial charge in [0.15, 0.2) is 14.1 Å². The topological polar surface area (TPSA) is 83.5 Å². The number of nitrogens with zero attached hydrogens (tertiary/aromatic N) is 1. The van der Waals surface area contributed by atoms with Crippen LogP contribution in [0.1, 0.15) is 52.7 Å². The number of rotatable bonds is 16. The monoisotopic (exact) mass is 625 g/mol. The van der Waals surface area contributed by atoms with Gasteiger partial charge in [-0.05, 0) is 86.4 Å². The highest BCUT2D eigenvalue weighted by atomic mass is 28.4. The third-order valence-corrected chi connectivity index (χ3v) is 11.6. The van der Waals surface area contributed by atoms with Gasteiger partial charge in [0, 0.05) is 12.7 Å². The van der Waals surface area contributed by atoms with E-state index in [9.17, 15) is 9.59 Å². The van der Waals surface area contributed by atoms with Crippen LogP contribution >= 0.6 is 0 Å². The van der Waals surface area contributed by atoms with Gasteiger partial charge in [-0.25, -0.2) is 4.79 Å². The van der Waals surface area contributed by atoms with Gasteiger partial charge < -0.3 is 23.4 Å². The average Bonchev–Trinajstić information content (AvgIpc) is 2.95. The van der Waals surface area contributed by atoms with Crippen molar-refractivity contribution in [1.82, 2.24) is 0 Å². The molecule has 1 amide bonds. The molecule has 0 radical (unpaired) electrons. The average molecular weight is 626 g/mol. The van der Waals surface area contributed by atoms with Gasteiger partial charge in [-0.3, -0.25) is 9.69 Å². The molecule has 0 bridgehead atoms. The number of allylic oxidation sites excluding steroid dienone is 2. The fourth-order valence-electron chi connectivity index (χ4n) is 3.44. The number of amides is 1. The number of ether oxygens (including phenoxy) is 4. The molecule has 0 unspecified atom stereocenters. The molecular formula is C35H51NO7Si. The lowest BCUT2D eigenvalue weighted by molar-refractivity contribution is -0.110. The highest BCUT2D eigenvalue weighted by molar-refractivity contribution is 6.74. The molecule has 242 valence electrons. The van der Waals surface area contributed by atoms with E-state index in [4.69, 9.17) is 23.4 Å². The zero-order chi connectivity index (χ0) is 32.8. The van der Waals surface area contributed by atoms with Gasteiger partial charge in [0.1, 0.15) is 18.0 Å². The summed E-state index contributed by atoms with van der Waals surface area (Å²) >= 11 is 0. The van der Waals surface area contributed by atoms with Crippen LogP contribution in [0.15, 0.2) is 60.7 Å². The standard InChI is InChI=1S/C35H51NO7Si/c1-34(2,3)43-33(38)36(7)30-16-10-28(11-17-30)12-18-31(37)19-13-29-14-20-32(21-15-29)41-26-24-39-22-23-40-25-27-42-44(8,9)35(4,5)6/h10-21H,22-27H2,1-9H3/b18-12+,19-13+. The quantitative estimate of drug-likeness (QED) is 0.107. The Bertz CT molecular complexity index is 1220. The molecule has 9 heteroatoms. The first kappa shape index (κ1) is 36.9. The molecule has 2 aromatic carbocycles. The van der Waals surface area contributed by atoms with Crippen molar-refractivity contribution >= 4 is 38.0 Å². The number of carbonyl (C=O) groups excluding carboxylic acids is 2. The first-order valence-corrected chi connectivity index (χ1v) is 18.0. The van der Waals surface area contributed by atoms with Crippen molar-refractivity contribution in [3.8, 4) is 5.75 Å². The highest BCUT2D eigenvalue weighted by Crippen LogP contribution is 2.36. The Balaban J connectivity index is 1.65. The van der Waals surface area contributed by atoms with E-state index in [1.165, 1.54) is 17.1 Å². The number of carbonyl (C=O) groups is 2. The van der Waals surface area contributed by atoms with Crippen LogP contribution in [-0.4, -0.2) is 72.5 Å². The van der Waals surface area contributed by atoms with Gasteiger partial charge in [0.2, 0.25) is 0 Å². The second kappa shape index (κ2) is 17.3. The van der Waals surface area contributed by atoms with Crippen LogP contribution < -0.4 is 9.64 Å². The third kappa shape index (κ3) is 14.0. The van der Waals surface area contributed by atoms with Gasteiger partial charge in [-0.15, -0.1) is 0 Å². The van der Waals surface area contributed by atoms with E-state index in [0.717, 1.165) is 16.9 Å². The smallest absolute Gasteiger partial charge is 0.414 e. The van der Waals surface area contributed by atoms with Crippen LogP contribution in [0.3, 0.4) is 0 Å². The molecule has 8 nitrogen and oxygen atoms in total. The third-order valence-electron chi connectivity index (χ3n) is 7.07. The van der Waals surface area contributed by atoms with Crippen molar-refractivity contribution in [1.29, 1.82) is 0 Å². The Morgan fingerprint density at radius 2 is 1.20 bits per heavy atom. The fraction of sp³-hybridized carbons (Fsp3) is 0.486. The van der Waals surface area contributed by atoms with Crippen molar-refractivity contribution in [3.63, 3.8) is 0 Å². The summed E-state index contributed by atoms with van der Waals surface area (Å²) in [7, 11) is -0.0642. The normalized spacial score (nSPS) is 12.6. The van der Waals surface area contributed by atoms with Crippen LogP contribution in [0, 0.1) is 0 Å². The Hall–Kier alpha value is -3.24. The lowest BCUT2D eigenvalue weighted by Crippen LogP contribution is -2.41. The lowest BCUT2D eigenvalue weighted by Gasteiger charge is -2.36. The predicted octanol–water partition coefficient (Wildman–Crippen LogP) is 7.79. The van der Waals surface area contributed by atoms with Gasteiger partial charge in [0.05, 0.1) is 33.0 Å². The molecule has 0 saturated heterocycles. The van der Waals surface area contributed by atoms with Gasteiger partial charge in [-0.1, -0.05) is 57.2 Å². The molecular weight excluding hydrogens is 574 g/mol. The molecule has 0 aliphatic rings. The van der Waals surface area contributed by atoms with Crippen LogP contribution in [-0.2, 0) is 23.4 Å². The minimum Gasteiger partial charge on any atom is -0.491 e. The summed E-state index contributed by atoms with van der Waals surface area (Å²) in [6.07, 6.45) is 6.10. The van der Waals surface area contributed by atoms with Gasteiger partial charge in [0.25, 0.3) is 0 Å². The molecule has 0 aliphatic heterocycles. The molecule has 0 fully saturated rings. The van der Waals surface area contributed by atoms with E-state index in [1.54, 1.807) is 19.2 Å². The maximum Gasteiger partial charge on any atom is 0.414 e. The number of benzene rings is 2. The molecule has 0 saturated carbocycles. The summed E-state index contributed by atoms with van der Waals surface area (Å²) in [5.74, 6) is 0.598. The molecule has 0 atom stereocenters. The summed E-state index contributed by atoms with van der Waals surface area (Å²) in [6.45, 7) is 19.7. The van der Waals surface area contributed by atoms with Crippen LogP contribution in [0.2, 0.25) is 18.1 Å². The van der Waals surface area contributed by atoms with Crippen molar-refractivity contribution < 1.29 is 33.0 Å². The van der Waals surface area contributed by atoms with Crippen LogP contribution in [0.25, 0.3) is 12.2 Å². The van der Waals surface area contributed by atoms with Crippen LogP contribution in [0.4, 0.5) is 10.5 Å². The molecule has 0 aromatic heterocycles. The first-order chi connectivity index (χ1) is 20.6. The van der Waals surface area contributed by atoms with E-state index in [2.05, 4.69) is 33.9 Å². The minimum atomic E-state index is -1.72. The van der Waals surface area contributed by atoms with E-state index in [-0.39, 0.29) is 10.8 Å². The van der Waals surface area contributed by atoms with Gasteiger partial charge >= 0.3 is 6.09 Å². The summed E-state index contributed by atoms with van der Waals surface area (Å²) in [5, 5.41) is 0.200. The van der Waals surface area contributed by atoms with Crippen molar-refractivity contribution in [2.24, 2.45) is 0 Å². The molecule has 2 rings (SSSR count). The summed E-state index contributed by atoms with van der Waals surface area (Å²) < 4.78 is 28.4. The number of ketones is 1. The largest absolute Gasteiger partial charge is 0.491 e. The predicted molar refractivity (Wildman–Crippen MR) is 181 cm³/mol. The summed E-state index contributed by atoms with van der Waals surface area (Å²) in [5.41, 5.74) is 1.87. The van der Waals surface area contributed by atoms with E-state index in [1.807, 2.05) is 69.3 Å². The number of anilines is 1. The Morgan fingerprint density at radius 3 is 1.70 bits per heavy atom. The maximum absolute atomic E-state index is 12.3. The second-order valence-electron chi connectivity index (χ2n) is 13.0. The number of hydrogen-bond acceptors (Lipinski definition) is 7. The van der Waals surface area contributed by atoms with E-state index in [0.29, 0.717) is 45.3 Å². The van der Waals surface area contributed by atoms with E-state index < -0.39 is 20.0 Å². The fourth-order valence-corrected chi connectivity index (χ4v) is 4.47. The Morgan fingerprint density at radius 1 is 0.727 bits per heavy atom. The summed E-state index contributed by atoms with van der Waals surface area (Å²) in [6, 6.07) is 14.8. The molecule has 0 N–H and O–H groups in total. The van der Waals surface area contributed by atoms with Crippen molar-refractivity contribution in [2.75, 3.05) is 51.6 Å². The zero-order valence-electron chi connectivity index (χ0n) is 28.0. The van der Waals surface area contributed by atoms with E-state index >= 15 is 0 Å². The molecule has 0 spiro atoms. The molecule has 44 heavy (non-hydrogen) atoms. The summed E-state index contributed by atoms with van der Waals surface area (Å²) in [4.78, 5) is 26.0. The molecule has 2 aromatic rings. The molecule has 0 aliphatic carbocycles. The number of hydrogen-bond donors (Lipinski definition) is 0.